The quantitative estimate of drug-likeness (QED) is 0.298. The molecule has 0 N–H and O–H groups in total. The van der Waals surface area contributed by atoms with Gasteiger partial charge in [-0.05, 0) is 80.0 Å². The Morgan fingerprint density at radius 2 is 1.80 bits per heavy atom. The summed E-state index contributed by atoms with van der Waals surface area (Å²) in [7, 11) is 1.35. The van der Waals surface area contributed by atoms with Crippen molar-refractivity contribution in [3.63, 3.8) is 0 Å². The van der Waals surface area contributed by atoms with E-state index in [2.05, 4.69) is 4.90 Å². The third-order valence-corrected chi connectivity index (χ3v) is 6.64. The van der Waals surface area contributed by atoms with Crippen LogP contribution < -0.4 is 18.9 Å². The Labute approximate surface area is 228 Å². The van der Waals surface area contributed by atoms with Gasteiger partial charge in [0.15, 0.2) is 17.3 Å². The van der Waals surface area contributed by atoms with Gasteiger partial charge in [-0.1, -0.05) is 6.07 Å². The van der Waals surface area contributed by atoms with Crippen molar-refractivity contribution in [3.05, 3.63) is 82.6 Å². The molecule has 0 bridgehead atoms. The monoisotopic (exact) mass is 550 g/mol. The summed E-state index contributed by atoms with van der Waals surface area (Å²) in [6, 6.07) is 14.3. The van der Waals surface area contributed by atoms with Crippen LogP contribution in [0.5, 0.6) is 28.7 Å². The molecule has 5 rings (SSSR count). The van der Waals surface area contributed by atoms with E-state index in [1.54, 1.807) is 30.3 Å². The van der Waals surface area contributed by atoms with Crippen LogP contribution in [0.3, 0.4) is 0 Å². The van der Waals surface area contributed by atoms with Crippen LogP contribution in [0, 0.1) is 11.3 Å². The van der Waals surface area contributed by atoms with Crippen LogP contribution in [0.1, 0.15) is 39.9 Å². The van der Waals surface area contributed by atoms with Crippen molar-refractivity contribution in [2.45, 2.75) is 19.0 Å². The predicted octanol–water partition coefficient (Wildman–Crippen LogP) is 6.47. The number of halogens is 3. The molecule has 10 heteroatoms. The normalized spacial score (nSPS) is 16.0. The number of carbonyl (C=O) groups is 1. The molecule has 0 radical (unpaired) electrons. The summed E-state index contributed by atoms with van der Waals surface area (Å²) in [5.74, 6) is 0.482. The van der Waals surface area contributed by atoms with Gasteiger partial charge in [0.25, 0.3) is 0 Å². The average molecular weight is 551 g/mol. The van der Waals surface area contributed by atoms with Crippen LogP contribution in [-0.4, -0.2) is 44.0 Å². The SMILES string of the molecule is COc1cc(C=C2Oc3cc(OCCN4CCCC4)ccc3C2=O)ccc1Oc1ccc(C#N)cc1C(F)(F)F. The Balaban J connectivity index is 1.31. The molecule has 2 aliphatic heterocycles. The molecule has 0 spiro atoms. The van der Waals surface area contributed by atoms with E-state index in [4.69, 9.17) is 24.2 Å². The number of likely N-dealkylation sites (tertiary alicyclic amines) is 1. The average Bonchev–Trinajstić information content (AvgIpc) is 3.56. The van der Waals surface area contributed by atoms with Crippen LogP contribution in [-0.2, 0) is 6.18 Å². The van der Waals surface area contributed by atoms with Gasteiger partial charge in [0.1, 0.15) is 23.9 Å². The summed E-state index contributed by atoms with van der Waals surface area (Å²) >= 11 is 0. The van der Waals surface area contributed by atoms with Gasteiger partial charge in [-0.3, -0.25) is 9.69 Å². The molecule has 0 aliphatic carbocycles. The molecule has 0 unspecified atom stereocenters. The van der Waals surface area contributed by atoms with Crippen LogP contribution in [0.2, 0.25) is 0 Å². The van der Waals surface area contributed by atoms with Gasteiger partial charge in [0.2, 0.25) is 5.78 Å². The third kappa shape index (κ3) is 5.90. The molecule has 3 aromatic carbocycles. The number of carbonyl (C=O) groups excluding carboxylic acids is 1. The molecule has 0 aromatic heterocycles. The number of alkyl halides is 3. The number of nitrogens with zero attached hydrogens (tertiary/aromatic N) is 2. The summed E-state index contributed by atoms with van der Waals surface area (Å²) in [6.45, 7) is 3.55. The van der Waals surface area contributed by atoms with E-state index >= 15 is 0 Å². The Bertz CT molecular complexity index is 1500. The molecule has 0 atom stereocenters. The van der Waals surface area contributed by atoms with Crippen LogP contribution in [0.4, 0.5) is 13.2 Å². The summed E-state index contributed by atoms with van der Waals surface area (Å²) in [4.78, 5) is 15.3. The van der Waals surface area contributed by atoms with E-state index in [0.717, 1.165) is 31.8 Å². The predicted molar refractivity (Wildman–Crippen MR) is 140 cm³/mol. The minimum absolute atomic E-state index is 0.0255. The summed E-state index contributed by atoms with van der Waals surface area (Å²) in [6.07, 6.45) is -0.789. The lowest BCUT2D eigenvalue weighted by Gasteiger charge is -2.16. The molecular weight excluding hydrogens is 525 g/mol. The first-order valence-electron chi connectivity index (χ1n) is 12.7. The number of fused-ring (bicyclic) bond motifs is 1. The van der Waals surface area contributed by atoms with Crippen molar-refractivity contribution >= 4 is 11.9 Å². The van der Waals surface area contributed by atoms with Gasteiger partial charge < -0.3 is 18.9 Å². The van der Waals surface area contributed by atoms with Gasteiger partial charge in [0, 0.05) is 12.6 Å². The fraction of sp³-hybridized carbons (Fsp3) is 0.267. The number of rotatable bonds is 8. The largest absolute Gasteiger partial charge is 0.493 e. The van der Waals surface area contributed by atoms with Crippen molar-refractivity contribution in [2.24, 2.45) is 0 Å². The van der Waals surface area contributed by atoms with E-state index in [1.807, 2.05) is 0 Å². The molecule has 40 heavy (non-hydrogen) atoms. The number of Topliss-reactive ketones (excluding diaryl/α,β-unsaturated/α-hetero) is 1. The zero-order chi connectivity index (χ0) is 28.3. The number of ether oxygens (including phenoxy) is 4. The number of allylic oxidation sites excluding steroid dienone is 1. The first-order chi connectivity index (χ1) is 19.2. The minimum atomic E-state index is -4.73. The Hall–Kier alpha value is -4.49. The number of ketones is 1. The van der Waals surface area contributed by atoms with E-state index in [9.17, 15) is 18.0 Å². The highest BCUT2D eigenvalue weighted by Crippen LogP contribution is 2.41. The van der Waals surface area contributed by atoms with Crippen LogP contribution >= 0.6 is 0 Å². The molecule has 206 valence electrons. The first-order valence-corrected chi connectivity index (χ1v) is 12.7. The van der Waals surface area contributed by atoms with Gasteiger partial charge in [-0.15, -0.1) is 0 Å². The van der Waals surface area contributed by atoms with E-state index < -0.39 is 17.5 Å². The number of hydrogen-bond donors (Lipinski definition) is 0. The second kappa shape index (κ2) is 11.3. The molecular formula is C30H25F3N2O5. The van der Waals surface area contributed by atoms with Gasteiger partial charge in [0.05, 0.1) is 29.9 Å². The summed E-state index contributed by atoms with van der Waals surface area (Å²) in [5.41, 5.74) is -0.303. The molecule has 1 fully saturated rings. The highest BCUT2D eigenvalue weighted by molar-refractivity contribution is 6.14. The summed E-state index contributed by atoms with van der Waals surface area (Å²) in [5, 5.41) is 8.97. The fourth-order valence-corrected chi connectivity index (χ4v) is 4.59. The van der Waals surface area contributed by atoms with Crippen molar-refractivity contribution < 1.29 is 36.9 Å². The van der Waals surface area contributed by atoms with Crippen molar-refractivity contribution in [2.75, 3.05) is 33.4 Å². The second-order valence-electron chi connectivity index (χ2n) is 9.33. The van der Waals surface area contributed by atoms with Gasteiger partial charge in [-0.2, -0.15) is 18.4 Å². The highest BCUT2D eigenvalue weighted by Gasteiger charge is 2.35. The Morgan fingerprint density at radius 1 is 1.02 bits per heavy atom. The van der Waals surface area contributed by atoms with Gasteiger partial charge >= 0.3 is 6.18 Å². The lowest BCUT2D eigenvalue weighted by Crippen LogP contribution is -2.25. The third-order valence-electron chi connectivity index (χ3n) is 6.64. The molecule has 0 saturated carbocycles. The lowest BCUT2D eigenvalue weighted by atomic mass is 10.1. The topological polar surface area (TPSA) is 81.0 Å². The maximum Gasteiger partial charge on any atom is 0.420 e. The molecule has 3 aromatic rings. The number of hydrogen-bond acceptors (Lipinski definition) is 7. The number of nitriles is 1. The number of methoxy groups -OCH3 is 1. The minimum Gasteiger partial charge on any atom is -0.493 e. The number of benzene rings is 3. The fourth-order valence-electron chi connectivity index (χ4n) is 4.59. The molecule has 2 heterocycles. The standard InChI is InChI=1S/C30H25F3N2O5/c1-37-27-15-19(4-9-25(27)39-24-8-5-20(18-34)14-23(24)30(31,32)33)16-28-29(36)22-7-6-21(17-26(22)40-28)38-13-12-35-10-2-3-11-35/h4-9,14-17H,2-3,10-13H2,1H3. The zero-order valence-corrected chi connectivity index (χ0v) is 21.6. The van der Waals surface area contributed by atoms with Crippen molar-refractivity contribution in [1.29, 1.82) is 5.26 Å². The van der Waals surface area contributed by atoms with E-state index in [0.29, 0.717) is 29.2 Å². The van der Waals surface area contributed by atoms with E-state index in [-0.39, 0.29) is 28.6 Å². The van der Waals surface area contributed by atoms with Gasteiger partial charge in [-0.25, -0.2) is 0 Å². The first kappa shape index (κ1) is 27.1. The van der Waals surface area contributed by atoms with E-state index in [1.165, 1.54) is 44.2 Å². The molecule has 7 nitrogen and oxygen atoms in total. The second-order valence-corrected chi connectivity index (χ2v) is 9.33. The Morgan fingerprint density at radius 3 is 2.52 bits per heavy atom. The maximum atomic E-state index is 13.6. The molecule has 2 aliphatic rings. The maximum absolute atomic E-state index is 13.6. The molecule has 1 saturated heterocycles. The summed E-state index contributed by atoms with van der Waals surface area (Å²) < 4.78 is 63.2. The highest BCUT2D eigenvalue weighted by atomic mass is 19.4. The van der Waals surface area contributed by atoms with Crippen LogP contribution in [0.25, 0.3) is 6.08 Å². The lowest BCUT2D eigenvalue weighted by molar-refractivity contribution is -0.138. The van der Waals surface area contributed by atoms with Crippen molar-refractivity contribution in [1.82, 2.24) is 4.90 Å². The molecule has 0 amide bonds. The Kier molecular flexibility index (Phi) is 7.67. The zero-order valence-electron chi connectivity index (χ0n) is 21.6. The smallest absolute Gasteiger partial charge is 0.420 e. The van der Waals surface area contributed by atoms with Crippen molar-refractivity contribution in [3.8, 4) is 34.8 Å². The van der Waals surface area contributed by atoms with Crippen LogP contribution in [0.15, 0.2) is 60.4 Å².